The molecule has 0 aromatic heterocycles. The van der Waals surface area contributed by atoms with E-state index in [1.807, 2.05) is 0 Å². The summed E-state index contributed by atoms with van der Waals surface area (Å²) in [5, 5.41) is 3.55. The molecule has 1 fully saturated rings. The van der Waals surface area contributed by atoms with E-state index in [1.165, 1.54) is 45.3 Å². The van der Waals surface area contributed by atoms with Crippen LogP contribution < -0.4 is 5.32 Å². The van der Waals surface area contributed by atoms with Gasteiger partial charge >= 0.3 is 0 Å². The Morgan fingerprint density at radius 1 is 1.19 bits per heavy atom. The average molecular weight is 226 g/mol. The Kier molecular flexibility index (Phi) is 5.77. The van der Waals surface area contributed by atoms with E-state index in [0.717, 1.165) is 12.6 Å². The molecule has 2 heteroatoms. The number of nitrogens with one attached hydrogen (secondary N) is 1. The highest BCUT2D eigenvalue weighted by Crippen LogP contribution is 2.43. The summed E-state index contributed by atoms with van der Waals surface area (Å²) in [6.07, 6.45) is 5.42. The van der Waals surface area contributed by atoms with E-state index in [1.54, 1.807) is 0 Å². The first kappa shape index (κ1) is 14.0. The maximum Gasteiger partial charge on any atom is 0.00773 e. The van der Waals surface area contributed by atoms with Crippen LogP contribution in [0.4, 0.5) is 0 Å². The second-order valence-corrected chi connectivity index (χ2v) is 5.66. The molecule has 1 rings (SSSR count). The van der Waals surface area contributed by atoms with Crippen LogP contribution in [-0.2, 0) is 0 Å². The summed E-state index contributed by atoms with van der Waals surface area (Å²) in [5.41, 5.74) is 0.619. The zero-order valence-electron chi connectivity index (χ0n) is 11.7. The molecule has 1 aliphatic carbocycles. The van der Waals surface area contributed by atoms with Crippen LogP contribution in [0.2, 0.25) is 0 Å². The largest absolute Gasteiger partial charge is 0.314 e. The van der Waals surface area contributed by atoms with Crippen molar-refractivity contribution in [1.29, 1.82) is 0 Å². The van der Waals surface area contributed by atoms with Crippen LogP contribution in [0.3, 0.4) is 0 Å². The molecule has 0 saturated heterocycles. The van der Waals surface area contributed by atoms with Gasteiger partial charge in [0.05, 0.1) is 0 Å². The van der Waals surface area contributed by atoms with Gasteiger partial charge in [-0.15, -0.1) is 0 Å². The van der Waals surface area contributed by atoms with Crippen molar-refractivity contribution in [2.24, 2.45) is 5.41 Å². The molecular formula is C14H30N2. The number of nitrogens with zero attached hydrogens (tertiary/aromatic N) is 1. The minimum Gasteiger partial charge on any atom is -0.314 e. The van der Waals surface area contributed by atoms with Crippen molar-refractivity contribution in [3.63, 3.8) is 0 Å². The normalized spacial score (nSPS) is 29.4. The van der Waals surface area contributed by atoms with Crippen molar-refractivity contribution in [2.45, 2.75) is 59.4 Å². The lowest BCUT2D eigenvalue weighted by Crippen LogP contribution is -2.48. The monoisotopic (exact) mass is 226 g/mol. The molecule has 0 radical (unpaired) electrons. The average Bonchev–Trinajstić information content (AvgIpc) is 2.22. The number of hydrogen-bond donors (Lipinski definition) is 1. The minimum atomic E-state index is 0.619. The number of hydrogen-bond acceptors (Lipinski definition) is 2. The van der Waals surface area contributed by atoms with Crippen molar-refractivity contribution in [3.05, 3.63) is 0 Å². The van der Waals surface area contributed by atoms with Gasteiger partial charge in [0.25, 0.3) is 0 Å². The molecule has 0 unspecified atom stereocenters. The lowest BCUT2D eigenvalue weighted by atomic mass is 9.65. The maximum absolute atomic E-state index is 3.55. The van der Waals surface area contributed by atoms with E-state index in [-0.39, 0.29) is 0 Å². The second kappa shape index (κ2) is 6.61. The first-order valence-electron chi connectivity index (χ1n) is 7.09. The highest BCUT2D eigenvalue weighted by Gasteiger charge is 2.39. The maximum atomic E-state index is 3.55. The molecule has 0 spiro atoms. The summed E-state index contributed by atoms with van der Waals surface area (Å²) in [6, 6.07) is 0.802. The summed E-state index contributed by atoms with van der Waals surface area (Å²) >= 11 is 0. The number of rotatable bonds is 8. The summed E-state index contributed by atoms with van der Waals surface area (Å²) < 4.78 is 0. The standard InChI is InChI=1S/C14H30N2/c1-5-9-16(7-3)10-8-14(4)11-13(12-14)15-6-2/h13,15H,5-12H2,1-4H3. The summed E-state index contributed by atoms with van der Waals surface area (Å²) in [7, 11) is 0. The molecule has 1 N–H and O–H groups in total. The Hall–Kier alpha value is -0.0800. The fraction of sp³-hybridized carbons (Fsp3) is 1.00. The van der Waals surface area contributed by atoms with Crippen LogP contribution in [0.15, 0.2) is 0 Å². The van der Waals surface area contributed by atoms with Crippen LogP contribution in [0, 0.1) is 5.41 Å². The van der Waals surface area contributed by atoms with Gasteiger partial charge in [-0.1, -0.05) is 27.7 Å². The van der Waals surface area contributed by atoms with Crippen molar-refractivity contribution in [1.82, 2.24) is 10.2 Å². The van der Waals surface area contributed by atoms with Crippen LogP contribution in [0.25, 0.3) is 0 Å². The molecule has 0 amide bonds. The Balaban J connectivity index is 2.17. The molecular weight excluding hydrogens is 196 g/mol. The van der Waals surface area contributed by atoms with E-state index in [4.69, 9.17) is 0 Å². The van der Waals surface area contributed by atoms with Gasteiger partial charge in [-0.3, -0.25) is 0 Å². The van der Waals surface area contributed by atoms with E-state index >= 15 is 0 Å². The Morgan fingerprint density at radius 2 is 1.88 bits per heavy atom. The van der Waals surface area contributed by atoms with E-state index in [2.05, 4.69) is 37.9 Å². The summed E-state index contributed by atoms with van der Waals surface area (Å²) in [5.74, 6) is 0. The van der Waals surface area contributed by atoms with Crippen molar-refractivity contribution in [3.8, 4) is 0 Å². The van der Waals surface area contributed by atoms with Gasteiger partial charge in [-0.25, -0.2) is 0 Å². The molecule has 0 aromatic rings. The first-order chi connectivity index (χ1) is 7.63. The van der Waals surface area contributed by atoms with Gasteiger partial charge in [0.15, 0.2) is 0 Å². The predicted molar refractivity (Wildman–Crippen MR) is 71.8 cm³/mol. The highest BCUT2D eigenvalue weighted by atomic mass is 15.1. The van der Waals surface area contributed by atoms with Gasteiger partial charge in [-0.05, 0) is 57.3 Å². The zero-order valence-corrected chi connectivity index (χ0v) is 11.7. The molecule has 1 saturated carbocycles. The lowest BCUT2D eigenvalue weighted by Gasteiger charge is -2.46. The second-order valence-electron chi connectivity index (χ2n) is 5.66. The van der Waals surface area contributed by atoms with Crippen LogP contribution >= 0.6 is 0 Å². The third-order valence-electron chi connectivity index (χ3n) is 3.99. The Bertz CT molecular complexity index is 185. The topological polar surface area (TPSA) is 15.3 Å². The van der Waals surface area contributed by atoms with Gasteiger partial charge in [-0.2, -0.15) is 0 Å². The minimum absolute atomic E-state index is 0.619. The molecule has 0 aliphatic heterocycles. The molecule has 0 aromatic carbocycles. The molecule has 0 atom stereocenters. The van der Waals surface area contributed by atoms with Crippen molar-refractivity contribution >= 4 is 0 Å². The third kappa shape index (κ3) is 4.06. The quantitative estimate of drug-likeness (QED) is 0.684. The molecule has 96 valence electrons. The van der Waals surface area contributed by atoms with Crippen LogP contribution in [0.5, 0.6) is 0 Å². The Labute approximate surface area is 102 Å². The highest BCUT2D eigenvalue weighted by molar-refractivity contribution is 4.94. The van der Waals surface area contributed by atoms with Crippen molar-refractivity contribution < 1.29 is 0 Å². The lowest BCUT2D eigenvalue weighted by molar-refractivity contribution is 0.0781. The molecule has 0 heterocycles. The molecule has 1 aliphatic rings. The van der Waals surface area contributed by atoms with Gasteiger partial charge in [0.2, 0.25) is 0 Å². The predicted octanol–water partition coefficient (Wildman–Crippen LogP) is 2.89. The van der Waals surface area contributed by atoms with E-state index < -0.39 is 0 Å². The third-order valence-corrected chi connectivity index (χ3v) is 3.99. The molecule has 16 heavy (non-hydrogen) atoms. The Morgan fingerprint density at radius 3 is 2.38 bits per heavy atom. The van der Waals surface area contributed by atoms with Crippen molar-refractivity contribution in [2.75, 3.05) is 26.2 Å². The van der Waals surface area contributed by atoms with Gasteiger partial charge < -0.3 is 10.2 Å². The SMILES string of the molecule is CCCN(CC)CCC1(C)CC(NCC)C1. The fourth-order valence-corrected chi connectivity index (χ4v) is 2.94. The molecule has 0 bridgehead atoms. The van der Waals surface area contributed by atoms with Crippen LogP contribution in [-0.4, -0.2) is 37.1 Å². The summed E-state index contributed by atoms with van der Waals surface area (Å²) in [6.45, 7) is 14.1. The van der Waals surface area contributed by atoms with Crippen LogP contribution in [0.1, 0.15) is 53.4 Å². The fourth-order valence-electron chi connectivity index (χ4n) is 2.94. The smallest absolute Gasteiger partial charge is 0.00773 e. The molecule has 2 nitrogen and oxygen atoms in total. The summed E-state index contributed by atoms with van der Waals surface area (Å²) in [4.78, 5) is 2.59. The van der Waals surface area contributed by atoms with Gasteiger partial charge in [0, 0.05) is 6.04 Å². The first-order valence-corrected chi connectivity index (χ1v) is 7.09. The van der Waals surface area contributed by atoms with Gasteiger partial charge in [0.1, 0.15) is 0 Å². The van der Waals surface area contributed by atoms with E-state index in [9.17, 15) is 0 Å². The van der Waals surface area contributed by atoms with E-state index in [0.29, 0.717) is 5.41 Å². The zero-order chi connectivity index (χ0) is 12.0.